The molecule has 2 saturated heterocycles. The van der Waals surface area contributed by atoms with Crippen molar-refractivity contribution >= 4 is 11.8 Å². The van der Waals surface area contributed by atoms with Gasteiger partial charge in [0.1, 0.15) is 0 Å². The maximum Gasteiger partial charge on any atom is 0.0840 e. The fourth-order valence-corrected chi connectivity index (χ4v) is 2.95. The highest BCUT2D eigenvalue weighted by molar-refractivity contribution is 7.99. The normalized spacial score (nSPS) is 40.8. The van der Waals surface area contributed by atoms with E-state index in [0.29, 0.717) is 6.10 Å². The monoisotopic (exact) mass is 157 g/mol. The molecule has 1 nitrogen and oxygen atoms in total. The first-order chi connectivity index (χ1) is 4.97. The summed E-state index contributed by atoms with van der Waals surface area (Å²) in [6.45, 7) is 2.00. The summed E-state index contributed by atoms with van der Waals surface area (Å²) in [5, 5.41) is 0. The van der Waals surface area contributed by atoms with Crippen molar-refractivity contribution in [2.45, 2.75) is 25.4 Å². The quantitative estimate of drug-likeness (QED) is 0.532. The summed E-state index contributed by atoms with van der Waals surface area (Å²) in [6.07, 6.45) is 4.38. The molecule has 0 aromatic heterocycles. The molecule has 2 fully saturated rings. The van der Waals surface area contributed by atoms with Crippen LogP contribution < -0.4 is 0 Å². The largest absolute Gasteiger partial charge is 0.372 e. The molecule has 0 bridgehead atoms. The molecule has 0 saturated carbocycles. The van der Waals surface area contributed by atoms with E-state index >= 15 is 0 Å². The second kappa shape index (κ2) is 3.14. The predicted molar refractivity (Wildman–Crippen MR) is 43.8 cm³/mol. The maximum absolute atomic E-state index is 5.54. The number of thioether (sulfide) groups is 1. The van der Waals surface area contributed by atoms with Gasteiger partial charge in [-0.25, -0.2) is 0 Å². The van der Waals surface area contributed by atoms with Gasteiger partial charge < -0.3 is 4.74 Å². The molecule has 1 radical (unpaired) electrons. The molecule has 2 unspecified atom stereocenters. The van der Waals surface area contributed by atoms with E-state index in [1.807, 2.05) is 6.61 Å². The second-order valence-electron chi connectivity index (χ2n) is 3.04. The van der Waals surface area contributed by atoms with E-state index in [9.17, 15) is 0 Å². The van der Waals surface area contributed by atoms with Crippen LogP contribution in [-0.2, 0) is 4.74 Å². The Labute approximate surface area is 66.5 Å². The molecule has 2 aliphatic rings. The van der Waals surface area contributed by atoms with E-state index in [2.05, 4.69) is 11.8 Å². The highest BCUT2D eigenvalue weighted by Gasteiger charge is 2.28. The Kier molecular flexibility index (Phi) is 2.19. The van der Waals surface area contributed by atoms with Crippen molar-refractivity contribution in [2.75, 3.05) is 11.5 Å². The van der Waals surface area contributed by atoms with Crippen LogP contribution in [0.2, 0.25) is 0 Å². The average molecular weight is 157 g/mol. The van der Waals surface area contributed by atoms with Gasteiger partial charge >= 0.3 is 0 Å². The van der Waals surface area contributed by atoms with Crippen LogP contribution in [0, 0.1) is 12.5 Å². The smallest absolute Gasteiger partial charge is 0.0840 e. The molecule has 0 aliphatic carbocycles. The molecule has 0 aromatic carbocycles. The summed E-state index contributed by atoms with van der Waals surface area (Å²) in [7, 11) is 0. The molecule has 2 heteroatoms. The van der Waals surface area contributed by atoms with Gasteiger partial charge in [-0.3, -0.25) is 0 Å². The zero-order chi connectivity index (χ0) is 6.81. The fraction of sp³-hybridized carbons (Fsp3) is 0.875. The predicted octanol–water partition coefficient (Wildman–Crippen LogP) is 2.08. The van der Waals surface area contributed by atoms with Crippen LogP contribution in [0.1, 0.15) is 19.3 Å². The third-order valence-electron chi connectivity index (χ3n) is 2.33. The zero-order valence-electron chi connectivity index (χ0n) is 6.08. The standard InChI is InChI=1S/C8H13OS/c1-2-7-6-10-5-3-8(7)9-4-1/h4,7-8H,1-3,5-6H2. The van der Waals surface area contributed by atoms with E-state index < -0.39 is 0 Å². The summed E-state index contributed by atoms with van der Waals surface area (Å²) in [4.78, 5) is 0. The Bertz CT molecular complexity index is 89.8. The number of fused-ring (bicyclic) bond motifs is 1. The number of rotatable bonds is 0. The van der Waals surface area contributed by atoms with Crippen LogP contribution in [-0.4, -0.2) is 17.6 Å². The van der Waals surface area contributed by atoms with Gasteiger partial charge in [0.05, 0.1) is 12.7 Å². The molecular weight excluding hydrogens is 144 g/mol. The Morgan fingerprint density at radius 1 is 1.40 bits per heavy atom. The lowest BCUT2D eigenvalue weighted by Gasteiger charge is -2.34. The first kappa shape index (κ1) is 6.99. The van der Waals surface area contributed by atoms with E-state index in [0.717, 1.165) is 5.92 Å². The van der Waals surface area contributed by atoms with E-state index in [-0.39, 0.29) is 0 Å². The van der Waals surface area contributed by atoms with Crippen molar-refractivity contribution in [2.24, 2.45) is 5.92 Å². The number of ether oxygens (including phenoxy) is 1. The van der Waals surface area contributed by atoms with Gasteiger partial charge in [0.25, 0.3) is 0 Å². The summed E-state index contributed by atoms with van der Waals surface area (Å²) in [5.74, 6) is 3.50. The summed E-state index contributed by atoms with van der Waals surface area (Å²) in [5.41, 5.74) is 0. The lowest BCUT2D eigenvalue weighted by atomic mass is 9.94. The molecular formula is C8H13OS. The van der Waals surface area contributed by atoms with Gasteiger partial charge in [-0.15, -0.1) is 0 Å². The van der Waals surface area contributed by atoms with Crippen molar-refractivity contribution in [3.63, 3.8) is 0 Å². The molecule has 2 heterocycles. The highest BCUT2D eigenvalue weighted by atomic mass is 32.2. The molecule has 0 spiro atoms. The summed E-state index contributed by atoms with van der Waals surface area (Å²) < 4.78 is 5.54. The number of hydrogen-bond acceptors (Lipinski definition) is 2. The molecule has 2 aliphatic heterocycles. The van der Waals surface area contributed by atoms with Gasteiger partial charge in [0, 0.05) is 0 Å². The van der Waals surface area contributed by atoms with E-state index in [1.54, 1.807) is 0 Å². The molecule has 0 N–H and O–H groups in total. The van der Waals surface area contributed by atoms with Crippen molar-refractivity contribution in [3.05, 3.63) is 6.61 Å². The molecule has 2 rings (SSSR count). The Balaban J connectivity index is 1.93. The minimum atomic E-state index is 0.579. The molecule has 0 aromatic rings. The van der Waals surface area contributed by atoms with Gasteiger partial charge in [-0.2, -0.15) is 11.8 Å². The SMILES string of the molecule is [CH]1CCC2CSCCC2O1. The minimum Gasteiger partial charge on any atom is -0.372 e. The first-order valence-corrected chi connectivity index (χ1v) is 5.17. The Morgan fingerprint density at radius 2 is 2.40 bits per heavy atom. The van der Waals surface area contributed by atoms with Crippen LogP contribution in [0.25, 0.3) is 0 Å². The van der Waals surface area contributed by atoms with Gasteiger partial charge in [0.15, 0.2) is 0 Å². The van der Waals surface area contributed by atoms with Crippen LogP contribution in [0.15, 0.2) is 0 Å². The minimum absolute atomic E-state index is 0.579. The molecule has 10 heavy (non-hydrogen) atoms. The maximum atomic E-state index is 5.54. The second-order valence-corrected chi connectivity index (χ2v) is 4.19. The summed E-state index contributed by atoms with van der Waals surface area (Å²) in [6, 6.07) is 0. The third kappa shape index (κ3) is 1.32. The number of hydrogen-bond donors (Lipinski definition) is 0. The van der Waals surface area contributed by atoms with E-state index in [4.69, 9.17) is 4.74 Å². The van der Waals surface area contributed by atoms with Crippen molar-refractivity contribution < 1.29 is 4.74 Å². The van der Waals surface area contributed by atoms with Crippen molar-refractivity contribution in [3.8, 4) is 0 Å². The van der Waals surface area contributed by atoms with Crippen molar-refractivity contribution in [1.82, 2.24) is 0 Å². The summed E-state index contributed by atoms with van der Waals surface area (Å²) >= 11 is 2.09. The van der Waals surface area contributed by atoms with Crippen LogP contribution in [0.4, 0.5) is 0 Å². The first-order valence-electron chi connectivity index (χ1n) is 4.02. The zero-order valence-corrected chi connectivity index (χ0v) is 6.90. The molecule has 0 amide bonds. The lowest BCUT2D eigenvalue weighted by molar-refractivity contribution is 0.0208. The van der Waals surface area contributed by atoms with Crippen LogP contribution >= 0.6 is 11.8 Å². The Hall–Kier alpha value is 0.310. The highest BCUT2D eigenvalue weighted by Crippen LogP contribution is 2.33. The van der Waals surface area contributed by atoms with Gasteiger partial charge in [0.2, 0.25) is 0 Å². The molecule has 2 atom stereocenters. The van der Waals surface area contributed by atoms with Gasteiger partial charge in [-0.1, -0.05) is 0 Å². The van der Waals surface area contributed by atoms with Gasteiger partial charge in [-0.05, 0) is 36.7 Å². The Morgan fingerprint density at radius 3 is 3.30 bits per heavy atom. The topological polar surface area (TPSA) is 9.23 Å². The van der Waals surface area contributed by atoms with E-state index in [1.165, 1.54) is 30.8 Å². The van der Waals surface area contributed by atoms with Crippen molar-refractivity contribution in [1.29, 1.82) is 0 Å². The van der Waals surface area contributed by atoms with Crippen LogP contribution in [0.3, 0.4) is 0 Å². The molecule has 57 valence electrons. The third-order valence-corrected chi connectivity index (χ3v) is 3.52. The average Bonchev–Trinajstić information content (AvgIpc) is 2.05. The lowest BCUT2D eigenvalue weighted by Crippen LogP contribution is -2.32. The fourth-order valence-electron chi connectivity index (χ4n) is 1.70. The van der Waals surface area contributed by atoms with Crippen LogP contribution in [0.5, 0.6) is 0 Å².